The average molecular weight is 582 g/mol. The van der Waals surface area contributed by atoms with E-state index < -0.39 is 0 Å². The molecule has 218 valence electrons. The van der Waals surface area contributed by atoms with Crippen LogP contribution in [0.2, 0.25) is 0 Å². The number of aryl methyl sites for hydroxylation is 1. The second-order valence-electron chi connectivity index (χ2n) is 10.8. The van der Waals surface area contributed by atoms with Crippen molar-refractivity contribution < 1.29 is 9.59 Å². The second-order valence-corrected chi connectivity index (χ2v) is 11.8. The first-order chi connectivity index (χ1) is 20.5. The number of carbonyl (C=O) groups is 2. The first-order valence-corrected chi connectivity index (χ1v) is 15.9. The first-order valence-electron chi connectivity index (χ1n) is 14.9. The smallest absolute Gasteiger partial charge is 0.254 e. The molecule has 1 aromatic heterocycles. The van der Waals surface area contributed by atoms with Crippen molar-refractivity contribution in [3.05, 3.63) is 96.1 Å². The summed E-state index contributed by atoms with van der Waals surface area (Å²) in [6, 6.07) is 28.2. The number of carbonyl (C=O) groups excluding carboxylic acids is 2. The summed E-state index contributed by atoms with van der Waals surface area (Å²) in [5, 5.41) is 9.81. The standard InChI is InChI=1S/C34H39N5O2S/c1-3-4-12-27-18-20-29(21-19-27)33(41)38-23-22-37(25-26(38)2)31(40)17-11-24-42-34-36-35-32(28-13-7-5-8-14-28)39(34)30-15-9-6-10-16-30/h5-10,13-16,18-21,26H,3-4,11-12,17,22-25H2,1-2H3. The summed E-state index contributed by atoms with van der Waals surface area (Å²) >= 11 is 1.62. The fourth-order valence-corrected chi connectivity index (χ4v) is 6.23. The molecule has 2 amide bonds. The fraction of sp³-hybridized carbons (Fsp3) is 0.353. The van der Waals surface area contributed by atoms with E-state index in [2.05, 4.69) is 46.0 Å². The summed E-state index contributed by atoms with van der Waals surface area (Å²) in [5.41, 5.74) is 4.00. The van der Waals surface area contributed by atoms with E-state index in [1.54, 1.807) is 11.8 Å². The Bertz CT molecular complexity index is 1460. The van der Waals surface area contributed by atoms with Crippen LogP contribution in [0, 0.1) is 0 Å². The van der Waals surface area contributed by atoms with Gasteiger partial charge in [-0.15, -0.1) is 10.2 Å². The molecule has 4 aromatic rings. The van der Waals surface area contributed by atoms with E-state index in [9.17, 15) is 9.59 Å². The van der Waals surface area contributed by atoms with Crippen molar-refractivity contribution in [2.75, 3.05) is 25.4 Å². The number of unbranched alkanes of at least 4 members (excludes halogenated alkanes) is 1. The Morgan fingerprint density at radius 2 is 1.60 bits per heavy atom. The van der Waals surface area contributed by atoms with Crippen molar-refractivity contribution in [1.29, 1.82) is 0 Å². The number of amides is 2. The van der Waals surface area contributed by atoms with Gasteiger partial charge in [-0.3, -0.25) is 14.2 Å². The van der Waals surface area contributed by atoms with E-state index in [4.69, 9.17) is 0 Å². The minimum atomic E-state index is -0.0230. The van der Waals surface area contributed by atoms with Gasteiger partial charge in [0.15, 0.2) is 11.0 Å². The Morgan fingerprint density at radius 3 is 2.29 bits per heavy atom. The Balaban J connectivity index is 1.13. The van der Waals surface area contributed by atoms with Gasteiger partial charge in [0.2, 0.25) is 5.91 Å². The Hall–Kier alpha value is -3.91. The summed E-state index contributed by atoms with van der Waals surface area (Å²) < 4.78 is 2.08. The monoisotopic (exact) mass is 581 g/mol. The lowest BCUT2D eigenvalue weighted by atomic mass is 10.0. The quantitative estimate of drug-likeness (QED) is 0.149. The highest BCUT2D eigenvalue weighted by Gasteiger charge is 2.30. The number of hydrogen-bond donors (Lipinski definition) is 0. The summed E-state index contributed by atoms with van der Waals surface area (Å²) in [6.45, 7) is 5.91. The van der Waals surface area contributed by atoms with Gasteiger partial charge < -0.3 is 9.80 Å². The molecule has 2 heterocycles. The predicted octanol–water partition coefficient (Wildman–Crippen LogP) is 6.52. The van der Waals surface area contributed by atoms with Gasteiger partial charge in [-0.25, -0.2) is 0 Å². The second kappa shape index (κ2) is 14.3. The van der Waals surface area contributed by atoms with E-state index in [1.165, 1.54) is 5.56 Å². The molecule has 5 rings (SSSR count). The molecule has 42 heavy (non-hydrogen) atoms. The average Bonchev–Trinajstić information content (AvgIpc) is 3.46. The van der Waals surface area contributed by atoms with Gasteiger partial charge in [0.25, 0.3) is 5.91 Å². The zero-order valence-electron chi connectivity index (χ0n) is 24.5. The highest BCUT2D eigenvalue weighted by Crippen LogP contribution is 2.28. The van der Waals surface area contributed by atoms with Gasteiger partial charge >= 0.3 is 0 Å². The summed E-state index contributed by atoms with van der Waals surface area (Å²) in [5.74, 6) is 1.75. The number of para-hydroxylation sites is 1. The lowest BCUT2D eigenvalue weighted by Gasteiger charge is -2.40. The minimum absolute atomic E-state index is 0.0230. The molecule has 1 aliphatic rings. The van der Waals surface area contributed by atoms with Crippen LogP contribution in [0.15, 0.2) is 90.1 Å². The third-order valence-electron chi connectivity index (χ3n) is 7.71. The highest BCUT2D eigenvalue weighted by molar-refractivity contribution is 7.99. The van der Waals surface area contributed by atoms with Crippen molar-refractivity contribution in [2.24, 2.45) is 0 Å². The number of benzene rings is 3. The van der Waals surface area contributed by atoms with Crippen molar-refractivity contribution in [2.45, 2.75) is 57.1 Å². The molecule has 1 atom stereocenters. The predicted molar refractivity (Wildman–Crippen MR) is 169 cm³/mol. The molecule has 1 fully saturated rings. The molecule has 7 nitrogen and oxygen atoms in total. The summed E-state index contributed by atoms with van der Waals surface area (Å²) in [7, 11) is 0. The molecule has 8 heteroatoms. The summed E-state index contributed by atoms with van der Waals surface area (Å²) in [6.07, 6.45) is 4.57. The molecule has 0 radical (unpaired) electrons. The van der Waals surface area contributed by atoms with Crippen molar-refractivity contribution >= 4 is 23.6 Å². The van der Waals surface area contributed by atoms with E-state index in [0.29, 0.717) is 26.1 Å². The molecular formula is C34H39N5O2S. The Morgan fingerprint density at radius 1 is 0.881 bits per heavy atom. The highest BCUT2D eigenvalue weighted by atomic mass is 32.2. The number of hydrogen-bond acceptors (Lipinski definition) is 5. The van der Waals surface area contributed by atoms with E-state index in [0.717, 1.165) is 59.2 Å². The van der Waals surface area contributed by atoms with Gasteiger partial charge in [-0.1, -0.05) is 85.8 Å². The van der Waals surface area contributed by atoms with Crippen molar-refractivity contribution in [3.8, 4) is 17.1 Å². The zero-order valence-corrected chi connectivity index (χ0v) is 25.3. The molecule has 3 aromatic carbocycles. The molecule has 1 aliphatic heterocycles. The normalized spacial score (nSPS) is 15.1. The van der Waals surface area contributed by atoms with Crippen LogP contribution in [0.3, 0.4) is 0 Å². The summed E-state index contributed by atoms with van der Waals surface area (Å²) in [4.78, 5) is 30.1. The fourth-order valence-electron chi connectivity index (χ4n) is 5.34. The van der Waals surface area contributed by atoms with Crippen molar-refractivity contribution in [3.63, 3.8) is 0 Å². The lowest BCUT2D eigenvalue weighted by Crippen LogP contribution is -2.55. The van der Waals surface area contributed by atoms with Crippen LogP contribution in [0.4, 0.5) is 0 Å². The van der Waals surface area contributed by atoms with Crippen LogP contribution in [0.25, 0.3) is 17.1 Å². The van der Waals surface area contributed by atoms with Crippen LogP contribution in [0.5, 0.6) is 0 Å². The largest absolute Gasteiger partial charge is 0.339 e. The van der Waals surface area contributed by atoms with Crippen molar-refractivity contribution in [1.82, 2.24) is 24.6 Å². The molecule has 0 saturated carbocycles. The first kappa shape index (κ1) is 29.6. The lowest BCUT2D eigenvalue weighted by molar-refractivity contribution is -0.133. The van der Waals surface area contributed by atoms with Crippen LogP contribution in [-0.4, -0.2) is 67.8 Å². The van der Waals surface area contributed by atoms with E-state index in [-0.39, 0.29) is 17.9 Å². The number of nitrogens with zero attached hydrogens (tertiary/aromatic N) is 5. The van der Waals surface area contributed by atoms with Gasteiger partial charge in [0.1, 0.15) is 0 Å². The van der Waals surface area contributed by atoms with Crippen LogP contribution >= 0.6 is 11.8 Å². The Labute approximate surface area is 252 Å². The third kappa shape index (κ3) is 7.10. The maximum Gasteiger partial charge on any atom is 0.254 e. The number of thioether (sulfide) groups is 1. The molecule has 0 N–H and O–H groups in total. The van der Waals surface area contributed by atoms with Gasteiger partial charge in [0.05, 0.1) is 0 Å². The molecule has 1 unspecified atom stereocenters. The van der Waals surface area contributed by atoms with Crippen LogP contribution in [-0.2, 0) is 11.2 Å². The maximum absolute atomic E-state index is 13.2. The van der Waals surface area contributed by atoms with E-state index in [1.807, 2.05) is 77.4 Å². The molecular weight excluding hydrogens is 542 g/mol. The topological polar surface area (TPSA) is 71.3 Å². The van der Waals surface area contributed by atoms with Crippen LogP contribution < -0.4 is 0 Å². The Kier molecular flexibility index (Phi) is 10.1. The molecule has 0 spiro atoms. The minimum Gasteiger partial charge on any atom is -0.339 e. The SMILES string of the molecule is CCCCc1ccc(C(=O)N2CCN(C(=O)CCCSc3nnc(-c4ccccc4)n3-c3ccccc3)CC2C)cc1. The third-order valence-corrected chi connectivity index (χ3v) is 8.72. The molecule has 1 saturated heterocycles. The molecule has 0 aliphatic carbocycles. The number of rotatable bonds is 11. The number of aromatic nitrogens is 3. The maximum atomic E-state index is 13.2. The van der Waals surface area contributed by atoms with Gasteiger partial charge in [-0.05, 0) is 56.0 Å². The number of piperazine rings is 1. The van der Waals surface area contributed by atoms with Crippen LogP contribution in [0.1, 0.15) is 55.5 Å². The van der Waals surface area contributed by atoms with Gasteiger partial charge in [0, 0.05) is 54.7 Å². The zero-order chi connectivity index (χ0) is 29.3. The van der Waals surface area contributed by atoms with E-state index >= 15 is 0 Å². The van der Waals surface area contributed by atoms with Gasteiger partial charge in [-0.2, -0.15) is 0 Å². The molecule has 0 bridgehead atoms.